The maximum Gasteiger partial charge on any atom is 0.168 e. The summed E-state index contributed by atoms with van der Waals surface area (Å²) in [5.74, 6) is 1.47. The normalized spacial score (nSPS) is 16.2. The number of nitrogens with two attached hydrogens (primary N) is 1. The highest BCUT2D eigenvalue weighted by Gasteiger charge is 2.20. The van der Waals surface area contributed by atoms with E-state index in [4.69, 9.17) is 4.74 Å². The first-order valence-electron chi connectivity index (χ1n) is 11.7. The van der Waals surface area contributed by atoms with Gasteiger partial charge >= 0.3 is 0 Å². The Balaban J connectivity index is 0.00000272. The molecular weight excluding hydrogens is 459 g/mol. The second-order valence-electron chi connectivity index (χ2n) is 9.01. The number of benzene rings is 2. The van der Waals surface area contributed by atoms with Crippen LogP contribution in [0.3, 0.4) is 0 Å². The smallest absolute Gasteiger partial charge is 0.168 e. The molecule has 1 fully saturated rings. The number of aliphatic hydroxyl groups is 1. The van der Waals surface area contributed by atoms with Crippen molar-refractivity contribution in [2.24, 2.45) is 5.92 Å². The number of halogens is 2. The fourth-order valence-electron chi connectivity index (χ4n) is 4.31. The van der Waals surface area contributed by atoms with Crippen LogP contribution in [0.2, 0.25) is 0 Å². The van der Waals surface area contributed by atoms with Crippen LogP contribution in [0.25, 0.3) is 0 Å². The Morgan fingerprint density at radius 3 is 2.30 bits per heavy atom. The van der Waals surface area contributed by atoms with Crippen LogP contribution < -0.4 is 39.8 Å². The van der Waals surface area contributed by atoms with Gasteiger partial charge in [-0.1, -0.05) is 37.3 Å². The summed E-state index contributed by atoms with van der Waals surface area (Å²) in [5, 5.41) is 12.5. The standard InChI is InChI=1S/C26H36N2O3.2ClH/c1-20(18-28-16-6-7-17-28)19-31-24-12-10-22(11-13-24)25(29)14-15-27-21(2)26(30)23-8-4-3-5-9-23;;/h3-5,8-13,20-21,26-27,30H,6-7,14-19H2,1-2H3;2*1H. The molecule has 0 bridgehead atoms. The van der Waals surface area contributed by atoms with Crippen LogP contribution in [0.15, 0.2) is 54.6 Å². The number of hydrogen-bond donors (Lipinski definition) is 3. The highest BCUT2D eigenvalue weighted by atomic mass is 35.5. The summed E-state index contributed by atoms with van der Waals surface area (Å²) in [7, 11) is 0. The summed E-state index contributed by atoms with van der Waals surface area (Å²) < 4.78 is 5.94. The van der Waals surface area contributed by atoms with E-state index in [0.29, 0.717) is 31.1 Å². The lowest BCUT2D eigenvalue weighted by Gasteiger charge is -2.18. The van der Waals surface area contributed by atoms with Crippen LogP contribution in [-0.2, 0) is 0 Å². The molecule has 1 aliphatic rings. The SMILES string of the molecule is CC(COc1ccc(C(=O)CC[NH2+]C(C)C(O)c2ccccc2)cc1)C[NH+]1CCCC1.[Cl-].[Cl-]. The van der Waals surface area contributed by atoms with Gasteiger partial charge in [-0.2, -0.15) is 0 Å². The third-order valence-corrected chi connectivity index (χ3v) is 6.21. The summed E-state index contributed by atoms with van der Waals surface area (Å²) in [5.41, 5.74) is 1.62. The van der Waals surface area contributed by atoms with E-state index in [1.807, 2.05) is 66.8 Å². The number of Topliss-reactive ketones (excluding diaryl/α,β-unsaturated/α-hetero) is 1. The fourth-order valence-corrected chi connectivity index (χ4v) is 4.31. The lowest BCUT2D eigenvalue weighted by atomic mass is 10.0. The Hall–Kier alpha value is -1.63. The summed E-state index contributed by atoms with van der Waals surface area (Å²) in [6.07, 6.45) is 2.61. The van der Waals surface area contributed by atoms with Crippen molar-refractivity contribution in [2.45, 2.75) is 45.3 Å². The van der Waals surface area contributed by atoms with E-state index >= 15 is 0 Å². The highest BCUT2D eigenvalue weighted by molar-refractivity contribution is 5.96. The topological polar surface area (TPSA) is 67.6 Å². The van der Waals surface area contributed by atoms with E-state index in [-0.39, 0.29) is 36.6 Å². The minimum Gasteiger partial charge on any atom is -1.00 e. The van der Waals surface area contributed by atoms with Crippen LogP contribution in [0, 0.1) is 5.92 Å². The van der Waals surface area contributed by atoms with Crippen LogP contribution in [0.1, 0.15) is 55.1 Å². The van der Waals surface area contributed by atoms with E-state index in [1.165, 1.54) is 32.5 Å². The largest absolute Gasteiger partial charge is 1.00 e. The third kappa shape index (κ3) is 9.63. The van der Waals surface area contributed by atoms with Gasteiger partial charge in [0, 0.05) is 24.3 Å². The first-order chi connectivity index (χ1) is 15.0. The molecule has 3 rings (SSSR count). The van der Waals surface area contributed by atoms with Crippen molar-refractivity contribution in [2.75, 3.05) is 32.8 Å². The van der Waals surface area contributed by atoms with Gasteiger partial charge < -0.3 is 44.9 Å². The lowest BCUT2D eigenvalue weighted by Crippen LogP contribution is -3.10. The molecule has 184 valence electrons. The van der Waals surface area contributed by atoms with E-state index < -0.39 is 6.10 Å². The molecule has 0 amide bonds. The molecular formula is C26H38Cl2N2O3. The molecule has 4 N–H and O–H groups in total. The number of quaternary nitrogens is 2. The zero-order chi connectivity index (χ0) is 22.1. The van der Waals surface area contributed by atoms with Gasteiger partial charge in [0.2, 0.25) is 0 Å². The molecule has 0 aromatic heterocycles. The number of carbonyl (C=O) groups is 1. The van der Waals surface area contributed by atoms with Crippen LogP contribution in [0.5, 0.6) is 5.75 Å². The van der Waals surface area contributed by atoms with E-state index in [0.717, 1.165) is 11.3 Å². The van der Waals surface area contributed by atoms with E-state index in [9.17, 15) is 9.90 Å². The monoisotopic (exact) mass is 496 g/mol. The van der Waals surface area contributed by atoms with Crippen molar-refractivity contribution < 1.29 is 49.7 Å². The molecule has 1 heterocycles. The molecule has 7 heteroatoms. The number of rotatable bonds is 12. The molecule has 1 saturated heterocycles. The molecule has 1 aliphatic heterocycles. The van der Waals surface area contributed by atoms with Gasteiger partial charge in [-0.05, 0) is 36.8 Å². The molecule has 0 radical (unpaired) electrons. The summed E-state index contributed by atoms with van der Waals surface area (Å²) in [4.78, 5) is 14.2. The summed E-state index contributed by atoms with van der Waals surface area (Å²) in [6.45, 7) is 9.36. The predicted octanol–water partition coefficient (Wildman–Crippen LogP) is -4.35. The van der Waals surface area contributed by atoms with Gasteiger partial charge in [-0.15, -0.1) is 0 Å². The molecule has 0 aliphatic carbocycles. The molecule has 2 aromatic rings. The van der Waals surface area contributed by atoms with Crippen molar-refractivity contribution in [3.8, 4) is 5.75 Å². The highest BCUT2D eigenvalue weighted by Crippen LogP contribution is 2.15. The predicted molar refractivity (Wildman–Crippen MR) is 123 cm³/mol. The maximum absolute atomic E-state index is 12.5. The molecule has 3 atom stereocenters. The number of ketones is 1. The van der Waals surface area contributed by atoms with Crippen molar-refractivity contribution in [1.29, 1.82) is 0 Å². The number of carbonyl (C=O) groups excluding carboxylic acids is 1. The van der Waals surface area contributed by atoms with Gasteiger partial charge in [-0.25, -0.2) is 0 Å². The van der Waals surface area contributed by atoms with Crippen molar-refractivity contribution in [1.82, 2.24) is 0 Å². The Morgan fingerprint density at radius 2 is 1.67 bits per heavy atom. The number of aliphatic hydroxyl groups excluding tert-OH is 1. The minimum atomic E-state index is -0.540. The minimum absolute atomic E-state index is 0. The Kier molecular flexibility index (Phi) is 13.6. The van der Waals surface area contributed by atoms with Crippen LogP contribution in [0.4, 0.5) is 0 Å². The first-order valence-corrected chi connectivity index (χ1v) is 11.7. The molecule has 3 unspecified atom stereocenters. The first kappa shape index (κ1) is 29.4. The summed E-state index contributed by atoms with van der Waals surface area (Å²) >= 11 is 0. The number of nitrogens with one attached hydrogen (secondary N) is 1. The number of hydrogen-bond acceptors (Lipinski definition) is 3. The van der Waals surface area contributed by atoms with Gasteiger partial charge in [0.1, 0.15) is 17.9 Å². The van der Waals surface area contributed by atoms with Crippen LogP contribution in [-0.4, -0.2) is 49.7 Å². The number of likely N-dealkylation sites (tertiary alicyclic amines) is 1. The van der Waals surface area contributed by atoms with Crippen LogP contribution >= 0.6 is 0 Å². The second-order valence-corrected chi connectivity index (χ2v) is 9.01. The molecule has 5 nitrogen and oxygen atoms in total. The van der Waals surface area contributed by atoms with Crippen molar-refractivity contribution >= 4 is 5.78 Å². The van der Waals surface area contributed by atoms with E-state index in [2.05, 4.69) is 6.92 Å². The zero-order valence-electron chi connectivity index (χ0n) is 19.7. The van der Waals surface area contributed by atoms with Crippen molar-refractivity contribution in [3.63, 3.8) is 0 Å². The van der Waals surface area contributed by atoms with Gasteiger partial charge in [-0.3, -0.25) is 4.79 Å². The molecule has 0 saturated carbocycles. The Bertz CT molecular complexity index is 799. The van der Waals surface area contributed by atoms with Gasteiger partial charge in [0.05, 0.1) is 39.2 Å². The van der Waals surface area contributed by atoms with Crippen molar-refractivity contribution in [3.05, 3.63) is 65.7 Å². The maximum atomic E-state index is 12.5. The Labute approximate surface area is 210 Å². The van der Waals surface area contributed by atoms with E-state index in [1.54, 1.807) is 4.90 Å². The lowest BCUT2D eigenvalue weighted by molar-refractivity contribution is -0.890. The number of ether oxygens (including phenoxy) is 1. The quantitative estimate of drug-likeness (QED) is 0.260. The third-order valence-electron chi connectivity index (χ3n) is 6.21. The average molecular weight is 498 g/mol. The second kappa shape index (κ2) is 15.3. The fraction of sp³-hybridized carbons (Fsp3) is 0.500. The zero-order valence-corrected chi connectivity index (χ0v) is 21.2. The Morgan fingerprint density at radius 1 is 1.03 bits per heavy atom. The van der Waals surface area contributed by atoms with Gasteiger partial charge in [0.25, 0.3) is 0 Å². The molecule has 0 spiro atoms. The molecule has 33 heavy (non-hydrogen) atoms. The summed E-state index contributed by atoms with van der Waals surface area (Å²) in [6, 6.07) is 17.2. The average Bonchev–Trinajstić information content (AvgIpc) is 3.31. The molecule has 2 aromatic carbocycles. The van der Waals surface area contributed by atoms with Gasteiger partial charge in [0.15, 0.2) is 5.78 Å².